The van der Waals surface area contributed by atoms with Crippen LogP contribution in [0.3, 0.4) is 0 Å². The predicted molar refractivity (Wildman–Crippen MR) is 179 cm³/mol. The third kappa shape index (κ3) is 32.5. The van der Waals surface area contributed by atoms with Gasteiger partial charge in [0.2, 0.25) is 0 Å². The molecule has 0 aliphatic rings. The highest BCUT2D eigenvalue weighted by Gasteiger charge is 1.99. The van der Waals surface area contributed by atoms with Crippen molar-refractivity contribution in [3.8, 4) is 5.75 Å². The van der Waals surface area contributed by atoms with Gasteiger partial charge in [-0.3, -0.25) is 0 Å². The summed E-state index contributed by atoms with van der Waals surface area (Å²) in [5, 5.41) is 8.43. The molecular weight excluding hydrogens is 612 g/mol. The molecular formula is C35H62O12. The second kappa shape index (κ2) is 35.4. The summed E-state index contributed by atoms with van der Waals surface area (Å²) in [4.78, 5) is 10.3. The first-order chi connectivity index (χ1) is 23.2. The minimum Gasteiger partial charge on any atom is -0.491 e. The Bertz CT molecular complexity index is 780. The van der Waals surface area contributed by atoms with Crippen molar-refractivity contribution in [2.24, 2.45) is 0 Å². The minimum atomic E-state index is -0.993. The zero-order chi connectivity index (χ0) is 33.7. The van der Waals surface area contributed by atoms with Crippen LogP contribution in [0.15, 0.2) is 24.3 Å². The van der Waals surface area contributed by atoms with Crippen molar-refractivity contribution in [3.63, 3.8) is 0 Å². The largest absolute Gasteiger partial charge is 0.491 e. The van der Waals surface area contributed by atoms with Crippen LogP contribution in [0, 0.1) is 0 Å². The Morgan fingerprint density at radius 1 is 0.468 bits per heavy atom. The number of aryl methyl sites for hydroxylation is 1. The first-order valence-corrected chi connectivity index (χ1v) is 17.4. The van der Waals surface area contributed by atoms with Crippen molar-refractivity contribution in [1.82, 2.24) is 0 Å². The van der Waals surface area contributed by atoms with Crippen LogP contribution in [0.2, 0.25) is 0 Å². The minimum absolute atomic E-state index is 0.244. The molecule has 274 valence electrons. The van der Waals surface area contributed by atoms with Gasteiger partial charge in [-0.2, -0.15) is 0 Å². The first-order valence-electron chi connectivity index (χ1n) is 17.4. The van der Waals surface area contributed by atoms with Crippen LogP contribution in [-0.2, 0) is 53.8 Å². The molecule has 0 heterocycles. The van der Waals surface area contributed by atoms with E-state index >= 15 is 0 Å². The number of benzene rings is 1. The molecule has 0 saturated heterocycles. The molecule has 0 bridgehead atoms. The Labute approximate surface area is 282 Å². The molecule has 0 aliphatic heterocycles. The van der Waals surface area contributed by atoms with E-state index in [1.54, 1.807) is 0 Å². The highest BCUT2D eigenvalue weighted by molar-refractivity contribution is 5.67. The van der Waals surface area contributed by atoms with Crippen LogP contribution in [0.5, 0.6) is 5.75 Å². The van der Waals surface area contributed by atoms with Gasteiger partial charge in [-0.25, -0.2) is 4.79 Å². The zero-order valence-electron chi connectivity index (χ0n) is 28.8. The zero-order valence-corrected chi connectivity index (χ0v) is 28.8. The Kier molecular flexibility index (Phi) is 32.5. The number of carboxylic acid groups (broad SMARTS) is 1. The predicted octanol–water partition coefficient (Wildman–Crippen LogP) is 4.59. The van der Waals surface area contributed by atoms with Gasteiger partial charge in [-0.05, 0) is 30.5 Å². The van der Waals surface area contributed by atoms with Gasteiger partial charge in [0.15, 0.2) is 0 Å². The van der Waals surface area contributed by atoms with E-state index in [9.17, 15) is 4.79 Å². The van der Waals surface area contributed by atoms with Crippen LogP contribution in [0.25, 0.3) is 0 Å². The van der Waals surface area contributed by atoms with E-state index in [1.165, 1.54) is 50.5 Å². The fourth-order valence-electron chi connectivity index (χ4n) is 4.18. The molecule has 12 heteroatoms. The van der Waals surface area contributed by atoms with Gasteiger partial charge in [-0.15, -0.1) is 0 Å². The fraction of sp³-hybridized carbons (Fsp3) is 0.800. The molecule has 1 aromatic rings. The standard InChI is InChI=1S/C35H62O12/c1-2-3-4-5-6-7-8-9-33-10-12-34(13-11-33)47-31-30-45-27-26-43-23-22-41-19-18-39-15-14-38-16-17-40-20-21-42-24-25-44-28-29-46-32-35(36)37/h10-13H,2-9,14-32H2,1H3,(H,36,37). The van der Waals surface area contributed by atoms with Crippen LogP contribution in [-0.4, -0.2) is 137 Å². The average Bonchev–Trinajstić information content (AvgIpc) is 3.07. The third-order valence-corrected chi connectivity index (χ3v) is 6.69. The Balaban J connectivity index is 1.71. The van der Waals surface area contributed by atoms with Gasteiger partial charge in [-0.1, -0.05) is 57.6 Å². The van der Waals surface area contributed by atoms with Crippen LogP contribution in [0.1, 0.15) is 57.4 Å². The third-order valence-electron chi connectivity index (χ3n) is 6.69. The summed E-state index contributed by atoms with van der Waals surface area (Å²) >= 11 is 0. The summed E-state index contributed by atoms with van der Waals surface area (Å²) in [6.45, 7) is 10.4. The second-order valence-corrected chi connectivity index (χ2v) is 10.7. The molecule has 0 amide bonds. The maximum absolute atomic E-state index is 10.3. The van der Waals surface area contributed by atoms with E-state index in [2.05, 4.69) is 19.1 Å². The average molecular weight is 675 g/mol. The molecule has 1 N–H and O–H groups in total. The van der Waals surface area contributed by atoms with E-state index in [0.29, 0.717) is 112 Å². The number of ether oxygens (including phenoxy) is 10. The fourth-order valence-corrected chi connectivity index (χ4v) is 4.18. The lowest BCUT2D eigenvalue weighted by Crippen LogP contribution is -2.15. The van der Waals surface area contributed by atoms with Crippen molar-refractivity contribution in [2.75, 3.05) is 126 Å². The molecule has 0 aliphatic carbocycles. The molecule has 0 fully saturated rings. The van der Waals surface area contributed by atoms with E-state index in [0.717, 1.165) is 12.2 Å². The molecule has 0 unspecified atom stereocenters. The first kappa shape index (κ1) is 43.2. The van der Waals surface area contributed by atoms with Gasteiger partial charge < -0.3 is 52.5 Å². The summed E-state index contributed by atoms with van der Waals surface area (Å²) in [6, 6.07) is 8.43. The quantitative estimate of drug-likeness (QED) is 0.0985. The van der Waals surface area contributed by atoms with Gasteiger partial charge in [0.1, 0.15) is 19.0 Å². The summed E-state index contributed by atoms with van der Waals surface area (Å²) in [7, 11) is 0. The smallest absolute Gasteiger partial charge is 0.329 e. The summed E-state index contributed by atoms with van der Waals surface area (Å²) < 4.78 is 54.2. The van der Waals surface area contributed by atoms with Crippen LogP contribution >= 0.6 is 0 Å². The van der Waals surface area contributed by atoms with Crippen LogP contribution in [0.4, 0.5) is 0 Å². The number of hydrogen-bond donors (Lipinski definition) is 1. The molecule has 0 saturated carbocycles. The maximum atomic E-state index is 10.3. The van der Waals surface area contributed by atoms with Crippen molar-refractivity contribution < 1.29 is 57.3 Å². The number of carboxylic acids is 1. The molecule has 1 aromatic carbocycles. The number of aliphatic carboxylic acids is 1. The molecule has 1 rings (SSSR count). The van der Waals surface area contributed by atoms with Crippen molar-refractivity contribution in [3.05, 3.63) is 29.8 Å². The lowest BCUT2D eigenvalue weighted by Gasteiger charge is -2.09. The van der Waals surface area contributed by atoms with Crippen LogP contribution < -0.4 is 4.74 Å². The lowest BCUT2D eigenvalue weighted by atomic mass is 10.0. The molecule has 0 spiro atoms. The molecule has 47 heavy (non-hydrogen) atoms. The summed E-state index contributed by atoms with van der Waals surface area (Å²) in [6.07, 6.45) is 10.5. The normalized spacial score (nSPS) is 11.3. The van der Waals surface area contributed by atoms with Crippen molar-refractivity contribution in [1.29, 1.82) is 0 Å². The SMILES string of the molecule is CCCCCCCCCc1ccc(OCCOCCOCCOCCOCCOCCOCCOCCOCCOCC(=O)O)cc1. The summed E-state index contributed by atoms with van der Waals surface area (Å²) in [5.74, 6) is -0.112. The Morgan fingerprint density at radius 2 is 0.809 bits per heavy atom. The van der Waals surface area contributed by atoms with Gasteiger partial charge >= 0.3 is 5.97 Å². The van der Waals surface area contributed by atoms with E-state index < -0.39 is 5.97 Å². The highest BCUT2D eigenvalue weighted by Crippen LogP contribution is 2.15. The van der Waals surface area contributed by atoms with Crippen molar-refractivity contribution in [2.45, 2.75) is 58.3 Å². The van der Waals surface area contributed by atoms with Gasteiger partial charge in [0, 0.05) is 0 Å². The van der Waals surface area contributed by atoms with Gasteiger partial charge in [0.25, 0.3) is 0 Å². The van der Waals surface area contributed by atoms with Crippen molar-refractivity contribution >= 4 is 5.97 Å². The lowest BCUT2D eigenvalue weighted by molar-refractivity contribution is -0.142. The van der Waals surface area contributed by atoms with E-state index in [1.807, 2.05) is 12.1 Å². The molecule has 0 atom stereocenters. The number of rotatable bonds is 38. The number of carbonyl (C=O) groups is 1. The van der Waals surface area contributed by atoms with Gasteiger partial charge in [0.05, 0.1) is 112 Å². The molecule has 12 nitrogen and oxygen atoms in total. The Hall–Kier alpha value is -1.87. The summed E-state index contributed by atoms with van der Waals surface area (Å²) in [5.41, 5.74) is 1.38. The number of hydrogen-bond acceptors (Lipinski definition) is 11. The second-order valence-electron chi connectivity index (χ2n) is 10.7. The molecule has 0 aromatic heterocycles. The maximum Gasteiger partial charge on any atom is 0.329 e. The highest BCUT2D eigenvalue weighted by atomic mass is 16.6. The number of unbranched alkanes of at least 4 members (excludes halogenated alkanes) is 6. The van der Waals surface area contributed by atoms with E-state index in [-0.39, 0.29) is 13.2 Å². The topological polar surface area (TPSA) is 130 Å². The molecule has 0 radical (unpaired) electrons. The monoisotopic (exact) mass is 674 g/mol. The Morgan fingerprint density at radius 3 is 1.19 bits per heavy atom. The van der Waals surface area contributed by atoms with E-state index in [4.69, 9.17) is 52.5 Å².